The van der Waals surface area contributed by atoms with Crippen LogP contribution in [0.25, 0.3) is 10.8 Å². The molecule has 0 saturated carbocycles. The van der Waals surface area contributed by atoms with E-state index in [0.717, 1.165) is 12.8 Å². The number of hydrogen-bond acceptors (Lipinski definition) is 5. The van der Waals surface area contributed by atoms with Crippen LogP contribution >= 0.6 is 0 Å². The van der Waals surface area contributed by atoms with Gasteiger partial charge in [-0.3, -0.25) is 4.79 Å². The van der Waals surface area contributed by atoms with Crippen molar-refractivity contribution in [3.8, 4) is 5.75 Å². The maximum atomic E-state index is 13.2. The number of nitrogens with zero attached hydrogens (tertiary/aromatic N) is 1. The summed E-state index contributed by atoms with van der Waals surface area (Å²) in [5.41, 5.74) is 6.83. The molecule has 2 rings (SSSR count). The smallest absolute Gasteiger partial charge is 0.337 e. The Balaban J connectivity index is 2.79. The van der Waals surface area contributed by atoms with Crippen molar-refractivity contribution in [3.05, 3.63) is 39.8 Å². The molecule has 0 amide bonds. The molecular formula is C21H30N2O4. The molecule has 0 spiro atoms. The van der Waals surface area contributed by atoms with E-state index in [2.05, 4.69) is 27.7 Å². The van der Waals surface area contributed by atoms with Gasteiger partial charge in [0, 0.05) is 18.5 Å². The first kappa shape index (κ1) is 21.0. The van der Waals surface area contributed by atoms with Crippen molar-refractivity contribution in [1.82, 2.24) is 4.57 Å². The number of aromatic nitrogens is 1. The minimum atomic E-state index is -0.454. The lowest BCUT2D eigenvalue weighted by atomic mass is 9.96. The molecule has 0 bridgehead atoms. The molecule has 0 saturated heterocycles. The normalized spacial score (nSPS) is 11.6. The first-order valence-electron chi connectivity index (χ1n) is 9.34. The van der Waals surface area contributed by atoms with Crippen LogP contribution in [0.1, 0.15) is 56.6 Å². The van der Waals surface area contributed by atoms with E-state index in [1.165, 1.54) is 7.11 Å². The van der Waals surface area contributed by atoms with Gasteiger partial charge in [0.2, 0.25) is 0 Å². The van der Waals surface area contributed by atoms with Crippen molar-refractivity contribution in [3.63, 3.8) is 0 Å². The second-order valence-corrected chi connectivity index (χ2v) is 7.89. The van der Waals surface area contributed by atoms with E-state index < -0.39 is 5.97 Å². The lowest BCUT2D eigenvalue weighted by molar-refractivity contribution is 0.0601. The summed E-state index contributed by atoms with van der Waals surface area (Å²) in [4.78, 5) is 25.1. The number of methoxy groups -OCH3 is 1. The van der Waals surface area contributed by atoms with Gasteiger partial charge in [0.1, 0.15) is 5.75 Å². The molecule has 0 aliphatic rings. The Labute approximate surface area is 160 Å². The lowest BCUT2D eigenvalue weighted by Gasteiger charge is -2.25. The SMILES string of the molecule is CCCCOc1c(CN)n(CC(C)(C)C)c(=O)c2ccc(C(=O)OC)cc12. The fourth-order valence-electron chi connectivity index (χ4n) is 3.03. The number of benzene rings is 1. The molecule has 2 aromatic rings. The molecule has 0 fully saturated rings. The minimum Gasteiger partial charge on any atom is -0.491 e. The highest BCUT2D eigenvalue weighted by Gasteiger charge is 2.22. The van der Waals surface area contributed by atoms with Gasteiger partial charge in [0.05, 0.1) is 30.4 Å². The molecule has 1 aromatic carbocycles. The number of hydrogen-bond donors (Lipinski definition) is 1. The molecule has 27 heavy (non-hydrogen) atoms. The van der Waals surface area contributed by atoms with Gasteiger partial charge in [-0.25, -0.2) is 4.79 Å². The summed E-state index contributed by atoms with van der Waals surface area (Å²) in [5, 5.41) is 1.11. The monoisotopic (exact) mass is 374 g/mol. The van der Waals surface area contributed by atoms with Crippen molar-refractivity contribution in [2.24, 2.45) is 11.1 Å². The second-order valence-electron chi connectivity index (χ2n) is 7.89. The Morgan fingerprint density at radius 2 is 1.93 bits per heavy atom. The van der Waals surface area contributed by atoms with Crippen LogP contribution in [0.2, 0.25) is 0 Å². The van der Waals surface area contributed by atoms with Crippen LogP contribution in [0.3, 0.4) is 0 Å². The third-order valence-corrected chi connectivity index (χ3v) is 4.32. The highest BCUT2D eigenvalue weighted by atomic mass is 16.5. The van der Waals surface area contributed by atoms with Crippen molar-refractivity contribution >= 4 is 16.7 Å². The molecule has 6 heteroatoms. The van der Waals surface area contributed by atoms with E-state index >= 15 is 0 Å². The highest BCUT2D eigenvalue weighted by molar-refractivity contribution is 5.97. The predicted octanol–water partition coefficient (Wildman–Crippen LogP) is 3.47. The predicted molar refractivity (Wildman–Crippen MR) is 107 cm³/mol. The number of carbonyl (C=O) groups is 1. The van der Waals surface area contributed by atoms with Gasteiger partial charge < -0.3 is 19.8 Å². The largest absolute Gasteiger partial charge is 0.491 e. The van der Waals surface area contributed by atoms with Crippen LogP contribution in [-0.2, 0) is 17.8 Å². The zero-order valence-electron chi connectivity index (χ0n) is 16.9. The first-order valence-corrected chi connectivity index (χ1v) is 9.34. The molecule has 148 valence electrons. The summed E-state index contributed by atoms with van der Waals surface area (Å²) < 4.78 is 12.6. The minimum absolute atomic E-state index is 0.103. The van der Waals surface area contributed by atoms with E-state index in [1.807, 2.05) is 0 Å². The Kier molecular flexibility index (Phi) is 6.65. The van der Waals surface area contributed by atoms with Crippen LogP contribution in [0, 0.1) is 5.41 Å². The van der Waals surface area contributed by atoms with Crippen molar-refractivity contribution in [1.29, 1.82) is 0 Å². The van der Waals surface area contributed by atoms with E-state index in [-0.39, 0.29) is 17.5 Å². The van der Waals surface area contributed by atoms with E-state index in [9.17, 15) is 9.59 Å². The molecule has 0 unspecified atom stereocenters. The molecule has 6 nitrogen and oxygen atoms in total. The Morgan fingerprint density at radius 1 is 1.22 bits per heavy atom. The lowest BCUT2D eigenvalue weighted by Crippen LogP contribution is -2.31. The zero-order chi connectivity index (χ0) is 20.2. The molecular weight excluding hydrogens is 344 g/mol. The zero-order valence-corrected chi connectivity index (χ0v) is 16.9. The number of unbranched alkanes of at least 4 members (excludes halogenated alkanes) is 1. The number of pyridine rings is 1. The molecule has 0 aliphatic heterocycles. The van der Waals surface area contributed by atoms with Gasteiger partial charge >= 0.3 is 5.97 Å². The number of ether oxygens (including phenoxy) is 2. The number of carbonyl (C=O) groups excluding carboxylic acids is 1. The Morgan fingerprint density at radius 3 is 2.48 bits per heavy atom. The van der Waals surface area contributed by atoms with Crippen molar-refractivity contribution < 1.29 is 14.3 Å². The first-order chi connectivity index (χ1) is 12.7. The van der Waals surface area contributed by atoms with E-state index in [1.54, 1.807) is 22.8 Å². The van der Waals surface area contributed by atoms with Crippen LogP contribution in [-0.4, -0.2) is 24.3 Å². The molecule has 1 aromatic heterocycles. The molecule has 1 heterocycles. The van der Waals surface area contributed by atoms with Gasteiger partial charge in [0.15, 0.2) is 0 Å². The second kappa shape index (κ2) is 8.57. The van der Waals surface area contributed by atoms with E-state index in [4.69, 9.17) is 15.2 Å². The maximum Gasteiger partial charge on any atom is 0.337 e. The summed E-state index contributed by atoms with van der Waals surface area (Å²) >= 11 is 0. The highest BCUT2D eigenvalue weighted by Crippen LogP contribution is 2.30. The summed E-state index contributed by atoms with van der Waals surface area (Å²) in [7, 11) is 1.33. The van der Waals surface area contributed by atoms with Crippen LogP contribution in [0.4, 0.5) is 0 Å². The average molecular weight is 374 g/mol. The van der Waals surface area contributed by atoms with Gasteiger partial charge in [-0.15, -0.1) is 0 Å². The van der Waals surface area contributed by atoms with Crippen LogP contribution in [0.15, 0.2) is 23.0 Å². The van der Waals surface area contributed by atoms with Crippen LogP contribution in [0.5, 0.6) is 5.75 Å². The standard InChI is InChI=1S/C21H30N2O4/c1-6-7-10-27-18-16-11-14(20(25)26-5)8-9-15(16)19(24)23(17(18)12-22)13-21(2,3)4/h8-9,11H,6-7,10,12-13,22H2,1-5H3. The van der Waals surface area contributed by atoms with Crippen LogP contribution < -0.4 is 16.0 Å². The Bertz CT molecular complexity index is 878. The summed E-state index contributed by atoms with van der Waals surface area (Å²) in [6.07, 6.45) is 1.88. The maximum absolute atomic E-state index is 13.2. The average Bonchev–Trinajstić information content (AvgIpc) is 2.63. The van der Waals surface area contributed by atoms with Crippen molar-refractivity contribution in [2.75, 3.05) is 13.7 Å². The third-order valence-electron chi connectivity index (χ3n) is 4.32. The third kappa shape index (κ3) is 4.69. The molecule has 2 N–H and O–H groups in total. The van der Waals surface area contributed by atoms with E-state index in [0.29, 0.717) is 40.9 Å². The molecule has 0 aliphatic carbocycles. The number of fused-ring (bicyclic) bond motifs is 1. The molecule has 0 radical (unpaired) electrons. The summed E-state index contributed by atoms with van der Waals surface area (Å²) in [6, 6.07) is 4.93. The van der Waals surface area contributed by atoms with Gasteiger partial charge in [-0.05, 0) is 30.0 Å². The number of rotatable bonds is 7. The quantitative estimate of drug-likeness (QED) is 0.593. The fraction of sp³-hybridized carbons (Fsp3) is 0.524. The number of nitrogens with two attached hydrogens (primary N) is 1. The van der Waals surface area contributed by atoms with Crippen molar-refractivity contribution in [2.45, 2.75) is 53.6 Å². The van der Waals surface area contributed by atoms with Gasteiger partial charge in [0.25, 0.3) is 5.56 Å². The van der Waals surface area contributed by atoms with Gasteiger partial charge in [-0.2, -0.15) is 0 Å². The summed E-state index contributed by atoms with van der Waals surface area (Å²) in [5.74, 6) is 0.125. The summed E-state index contributed by atoms with van der Waals surface area (Å²) in [6.45, 7) is 9.52. The van der Waals surface area contributed by atoms with Gasteiger partial charge in [-0.1, -0.05) is 34.1 Å². The topological polar surface area (TPSA) is 83.5 Å². The fourth-order valence-corrected chi connectivity index (χ4v) is 3.03. The number of esters is 1. The molecule has 0 atom stereocenters. The Hall–Kier alpha value is -2.34.